The van der Waals surface area contributed by atoms with Gasteiger partial charge in [-0.25, -0.2) is 0 Å². The molecule has 1 aromatic heterocycles. The summed E-state index contributed by atoms with van der Waals surface area (Å²) in [5.41, 5.74) is 0. The SMILES string of the molecule is CC(C)Oc1cncc(N2CCN[C@H](C)C2)n1. The quantitative estimate of drug-likeness (QED) is 0.850. The van der Waals surface area contributed by atoms with Crippen LogP contribution in [-0.4, -0.2) is 41.7 Å². The number of piperazine rings is 1. The van der Waals surface area contributed by atoms with Gasteiger partial charge in [-0.2, -0.15) is 4.98 Å². The Bertz CT molecular complexity index is 369. The van der Waals surface area contributed by atoms with E-state index in [1.165, 1.54) is 0 Å². The largest absolute Gasteiger partial charge is 0.474 e. The number of rotatable bonds is 3. The normalized spacial score (nSPS) is 20.7. The van der Waals surface area contributed by atoms with Gasteiger partial charge < -0.3 is 15.0 Å². The Morgan fingerprint density at radius 1 is 1.47 bits per heavy atom. The Hall–Kier alpha value is -1.36. The highest BCUT2D eigenvalue weighted by molar-refractivity contribution is 5.38. The Kier molecular flexibility index (Phi) is 3.78. The van der Waals surface area contributed by atoms with Crippen LogP contribution in [0.4, 0.5) is 5.82 Å². The second kappa shape index (κ2) is 5.31. The molecule has 1 aromatic rings. The Labute approximate surface area is 102 Å². The molecule has 2 heterocycles. The predicted octanol–water partition coefficient (Wildman–Crippen LogP) is 1.06. The summed E-state index contributed by atoms with van der Waals surface area (Å²) in [4.78, 5) is 10.9. The summed E-state index contributed by atoms with van der Waals surface area (Å²) in [6, 6.07) is 0.486. The van der Waals surface area contributed by atoms with Gasteiger partial charge >= 0.3 is 0 Å². The minimum absolute atomic E-state index is 0.126. The number of hydrogen-bond donors (Lipinski definition) is 1. The first kappa shape index (κ1) is 12.1. The van der Waals surface area contributed by atoms with Crippen molar-refractivity contribution in [1.29, 1.82) is 0 Å². The predicted molar refractivity (Wildman–Crippen MR) is 67.5 cm³/mol. The monoisotopic (exact) mass is 236 g/mol. The third-order valence-corrected chi connectivity index (χ3v) is 2.65. The molecular weight excluding hydrogens is 216 g/mol. The van der Waals surface area contributed by atoms with E-state index in [1.54, 1.807) is 12.4 Å². The van der Waals surface area contributed by atoms with Crippen LogP contribution in [0.25, 0.3) is 0 Å². The maximum absolute atomic E-state index is 5.56. The molecule has 0 radical (unpaired) electrons. The lowest BCUT2D eigenvalue weighted by Crippen LogP contribution is -2.49. The van der Waals surface area contributed by atoms with E-state index in [4.69, 9.17) is 4.74 Å². The van der Waals surface area contributed by atoms with Crippen molar-refractivity contribution in [2.75, 3.05) is 24.5 Å². The molecule has 0 spiro atoms. The highest BCUT2D eigenvalue weighted by Crippen LogP contribution is 2.16. The molecule has 0 saturated carbocycles. The van der Waals surface area contributed by atoms with E-state index in [1.807, 2.05) is 13.8 Å². The van der Waals surface area contributed by atoms with Gasteiger partial charge in [-0.15, -0.1) is 0 Å². The van der Waals surface area contributed by atoms with Crippen LogP contribution in [0, 0.1) is 0 Å². The van der Waals surface area contributed by atoms with Crippen LogP contribution in [0.1, 0.15) is 20.8 Å². The molecule has 0 unspecified atom stereocenters. The summed E-state index contributed by atoms with van der Waals surface area (Å²) in [6.45, 7) is 9.05. The van der Waals surface area contributed by atoms with Crippen molar-refractivity contribution in [2.24, 2.45) is 0 Å². The van der Waals surface area contributed by atoms with Gasteiger partial charge in [0.1, 0.15) is 0 Å². The van der Waals surface area contributed by atoms with Gasteiger partial charge in [0.2, 0.25) is 5.88 Å². The molecule has 5 heteroatoms. The molecule has 0 amide bonds. The average molecular weight is 236 g/mol. The average Bonchev–Trinajstić information content (AvgIpc) is 2.28. The lowest BCUT2D eigenvalue weighted by Gasteiger charge is -2.32. The van der Waals surface area contributed by atoms with E-state index in [2.05, 4.69) is 27.1 Å². The molecule has 17 heavy (non-hydrogen) atoms. The first-order valence-electron chi connectivity index (χ1n) is 6.12. The fraction of sp³-hybridized carbons (Fsp3) is 0.667. The van der Waals surface area contributed by atoms with Crippen molar-refractivity contribution in [3.05, 3.63) is 12.4 Å². The molecule has 0 aromatic carbocycles. The Morgan fingerprint density at radius 3 is 3.00 bits per heavy atom. The molecule has 2 rings (SSSR count). The molecule has 1 aliphatic rings. The highest BCUT2D eigenvalue weighted by Gasteiger charge is 2.17. The third kappa shape index (κ3) is 3.30. The summed E-state index contributed by atoms with van der Waals surface area (Å²) < 4.78 is 5.56. The van der Waals surface area contributed by atoms with Gasteiger partial charge in [-0.3, -0.25) is 4.98 Å². The fourth-order valence-corrected chi connectivity index (χ4v) is 1.93. The van der Waals surface area contributed by atoms with Gasteiger partial charge in [0, 0.05) is 25.7 Å². The lowest BCUT2D eigenvalue weighted by atomic mass is 10.2. The number of anilines is 1. The first-order valence-corrected chi connectivity index (χ1v) is 6.12. The standard InChI is InChI=1S/C12H20N4O/c1-9(2)17-12-7-13-6-11(15-12)16-5-4-14-10(3)8-16/h6-7,9-10,14H,4-5,8H2,1-3H3/t10-/m1/s1. The van der Waals surface area contributed by atoms with Crippen LogP contribution in [0.3, 0.4) is 0 Å². The van der Waals surface area contributed by atoms with E-state index in [9.17, 15) is 0 Å². The molecule has 1 N–H and O–H groups in total. The summed E-state index contributed by atoms with van der Waals surface area (Å²) in [7, 11) is 0. The molecule has 0 aliphatic carbocycles. The lowest BCUT2D eigenvalue weighted by molar-refractivity contribution is 0.231. The second-order valence-corrected chi connectivity index (χ2v) is 4.68. The minimum Gasteiger partial charge on any atom is -0.474 e. The molecule has 94 valence electrons. The highest BCUT2D eigenvalue weighted by atomic mass is 16.5. The fourth-order valence-electron chi connectivity index (χ4n) is 1.93. The van der Waals surface area contributed by atoms with Crippen LogP contribution in [0.2, 0.25) is 0 Å². The zero-order valence-corrected chi connectivity index (χ0v) is 10.7. The van der Waals surface area contributed by atoms with Gasteiger partial charge in [-0.05, 0) is 20.8 Å². The molecule has 1 fully saturated rings. The van der Waals surface area contributed by atoms with Crippen LogP contribution in [0.15, 0.2) is 12.4 Å². The molecule has 5 nitrogen and oxygen atoms in total. The van der Waals surface area contributed by atoms with Crippen molar-refractivity contribution < 1.29 is 4.74 Å². The number of ether oxygens (including phenoxy) is 1. The third-order valence-electron chi connectivity index (χ3n) is 2.65. The van der Waals surface area contributed by atoms with Crippen LogP contribution in [0.5, 0.6) is 5.88 Å². The number of nitrogens with zero attached hydrogens (tertiary/aromatic N) is 3. The maximum Gasteiger partial charge on any atom is 0.234 e. The molecule has 1 atom stereocenters. The van der Waals surface area contributed by atoms with Gasteiger partial charge in [0.25, 0.3) is 0 Å². The van der Waals surface area contributed by atoms with Crippen molar-refractivity contribution in [3.63, 3.8) is 0 Å². The topological polar surface area (TPSA) is 50.3 Å². The molecule has 1 aliphatic heterocycles. The Balaban J connectivity index is 2.09. The van der Waals surface area contributed by atoms with Gasteiger partial charge in [0.05, 0.1) is 18.5 Å². The Morgan fingerprint density at radius 2 is 2.29 bits per heavy atom. The molecule has 0 bridgehead atoms. The zero-order chi connectivity index (χ0) is 12.3. The van der Waals surface area contributed by atoms with Crippen molar-refractivity contribution in [2.45, 2.75) is 32.9 Å². The van der Waals surface area contributed by atoms with E-state index in [0.717, 1.165) is 25.5 Å². The second-order valence-electron chi connectivity index (χ2n) is 4.68. The van der Waals surface area contributed by atoms with Crippen molar-refractivity contribution in [1.82, 2.24) is 15.3 Å². The van der Waals surface area contributed by atoms with E-state index in [0.29, 0.717) is 11.9 Å². The number of aromatic nitrogens is 2. The summed E-state index contributed by atoms with van der Waals surface area (Å²) in [5.74, 6) is 1.50. The number of nitrogens with one attached hydrogen (secondary N) is 1. The first-order chi connectivity index (χ1) is 8.15. The van der Waals surface area contributed by atoms with Gasteiger partial charge in [0.15, 0.2) is 5.82 Å². The minimum atomic E-state index is 0.126. The van der Waals surface area contributed by atoms with Crippen LogP contribution in [-0.2, 0) is 0 Å². The zero-order valence-electron chi connectivity index (χ0n) is 10.7. The summed E-state index contributed by atoms with van der Waals surface area (Å²) in [5, 5.41) is 3.41. The van der Waals surface area contributed by atoms with Crippen molar-refractivity contribution >= 4 is 5.82 Å². The van der Waals surface area contributed by atoms with Crippen LogP contribution < -0.4 is 15.0 Å². The molecular formula is C12H20N4O. The summed E-state index contributed by atoms with van der Waals surface area (Å²) >= 11 is 0. The maximum atomic E-state index is 5.56. The van der Waals surface area contributed by atoms with E-state index in [-0.39, 0.29) is 6.10 Å². The summed E-state index contributed by atoms with van der Waals surface area (Å²) in [6.07, 6.45) is 3.59. The van der Waals surface area contributed by atoms with Crippen molar-refractivity contribution in [3.8, 4) is 5.88 Å². The van der Waals surface area contributed by atoms with Gasteiger partial charge in [-0.1, -0.05) is 0 Å². The smallest absolute Gasteiger partial charge is 0.234 e. The van der Waals surface area contributed by atoms with E-state index < -0.39 is 0 Å². The molecule has 1 saturated heterocycles. The van der Waals surface area contributed by atoms with Crippen LogP contribution >= 0.6 is 0 Å². The van der Waals surface area contributed by atoms with E-state index >= 15 is 0 Å². The number of hydrogen-bond acceptors (Lipinski definition) is 5.